The summed E-state index contributed by atoms with van der Waals surface area (Å²) in [6.45, 7) is 6.94. The summed E-state index contributed by atoms with van der Waals surface area (Å²) in [5.41, 5.74) is 1.99. The number of benzene rings is 1. The number of carbonyl (C=O) groups is 1. The number of aromatic nitrogens is 1. The van der Waals surface area contributed by atoms with Crippen LogP contribution in [0.25, 0.3) is 11.3 Å². The Morgan fingerprint density at radius 3 is 2.54 bits per heavy atom. The van der Waals surface area contributed by atoms with Gasteiger partial charge in [-0.05, 0) is 69.7 Å². The molecule has 1 heterocycles. The van der Waals surface area contributed by atoms with Gasteiger partial charge in [0.2, 0.25) is 5.91 Å². The molecule has 2 aromatic rings. The van der Waals surface area contributed by atoms with E-state index in [9.17, 15) is 4.79 Å². The zero-order valence-corrected chi connectivity index (χ0v) is 18.1. The summed E-state index contributed by atoms with van der Waals surface area (Å²) in [5.74, 6) is 1.96. The summed E-state index contributed by atoms with van der Waals surface area (Å²) in [7, 11) is 0. The summed E-state index contributed by atoms with van der Waals surface area (Å²) < 4.78 is 5.51. The van der Waals surface area contributed by atoms with E-state index in [1.807, 2.05) is 31.2 Å². The van der Waals surface area contributed by atoms with Crippen LogP contribution >= 0.6 is 11.3 Å². The van der Waals surface area contributed by atoms with Crippen molar-refractivity contribution in [2.75, 3.05) is 11.9 Å². The third kappa shape index (κ3) is 5.34. The van der Waals surface area contributed by atoms with E-state index >= 15 is 0 Å². The average molecular weight is 401 g/mol. The van der Waals surface area contributed by atoms with Crippen molar-refractivity contribution < 1.29 is 9.53 Å². The third-order valence-corrected chi connectivity index (χ3v) is 6.54. The first-order valence-electron chi connectivity index (χ1n) is 10.6. The van der Waals surface area contributed by atoms with Gasteiger partial charge in [-0.3, -0.25) is 4.79 Å². The Labute approximate surface area is 172 Å². The number of rotatable bonds is 8. The van der Waals surface area contributed by atoms with Crippen molar-refractivity contribution in [1.29, 1.82) is 0 Å². The number of unbranched alkanes of at least 4 members (excludes halogenated alkanes) is 1. The number of ether oxygens (including phenoxy) is 1. The minimum atomic E-state index is 0.135. The smallest absolute Gasteiger partial charge is 0.229 e. The molecule has 0 aliphatic heterocycles. The van der Waals surface area contributed by atoms with Crippen LogP contribution in [0, 0.1) is 18.8 Å². The lowest BCUT2D eigenvalue weighted by Gasteiger charge is -2.27. The molecular formula is C23H32N2O2S. The van der Waals surface area contributed by atoms with E-state index in [2.05, 4.69) is 19.2 Å². The van der Waals surface area contributed by atoms with Crippen molar-refractivity contribution in [3.05, 3.63) is 29.1 Å². The van der Waals surface area contributed by atoms with Gasteiger partial charge in [0.15, 0.2) is 5.13 Å². The van der Waals surface area contributed by atoms with Gasteiger partial charge in [0, 0.05) is 16.4 Å². The number of carbonyl (C=O) groups excluding carboxylic acids is 1. The molecule has 0 unspecified atom stereocenters. The van der Waals surface area contributed by atoms with E-state index in [0.717, 1.165) is 40.6 Å². The maximum atomic E-state index is 12.7. The maximum Gasteiger partial charge on any atom is 0.229 e. The quantitative estimate of drug-likeness (QED) is 0.554. The average Bonchev–Trinajstić information content (AvgIpc) is 3.07. The van der Waals surface area contributed by atoms with E-state index in [0.29, 0.717) is 11.7 Å². The number of hydrogen-bond donors (Lipinski definition) is 1. The molecule has 28 heavy (non-hydrogen) atoms. The van der Waals surface area contributed by atoms with Crippen LogP contribution in [0.1, 0.15) is 63.7 Å². The fourth-order valence-electron chi connectivity index (χ4n) is 4.01. The Bertz CT molecular complexity index is 761. The molecule has 1 amide bonds. The van der Waals surface area contributed by atoms with E-state index in [4.69, 9.17) is 9.72 Å². The van der Waals surface area contributed by atoms with E-state index in [1.54, 1.807) is 11.3 Å². The van der Waals surface area contributed by atoms with E-state index < -0.39 is 0 Å². The highest BCUT2D eigenvalue weighted by atomic mass is 32.1. The molecule has 5 heteroatoms. The van der Waals surface area contributed by atoms with Crippen molar-refractivity contribution >= 4 is 22.4 Å². The minimum Gasteiger partial charge on any atom is -0.494 e. The van der Waals surface area contributed by atoms with Crippen LogP contribution in [0.5, 0.6) is 5.75 Å². The Kier molecular flexibility index (Phi) is 7.49. The van der Waals surface area contributed by atoms with Gasteiger partial charge in [-0.25, -0.2) is 4.98 Å². The number of hydrogen-bond acceptors (Lipinski definition) is 4. The second kappa shape index (κ2) is 10.1. The predicted molar refractivity (Wildman–Crippen MR) is 117 cm³/mol. The zero-order chi connectivity index (χ0) is 19.9. The van der Waals surface area contributed by atoms with Crippen molar-refractivity contribution in [2.24, 2.45) is 11.8 Å². The Morgan fingerprint density at radius 1 is 1.18 bits per heavy atom. The van der Waals surface area contributed by atoms with E-state index in [1.165, 1.54) is 32.1 Å². The summed E-state index contributed by atoms with van der Waals surface area (Å²) >= 11 is 1.55. The van der Waals surface area contributed by atoms with Crippen LogP contribution in [-0.2, 0) is 4.79 Å². The van der Waals surface area contributed by atoms with Crippen molar-refractivity contribution in [2.45, 2.75) is 65.7 Å². The normalized spacial score (nSPS) is 19.4. The van der Waals surface area contributed by atoms with Gasteiger partial charge in [0.25, 0.3) is 0 Å². The number of nitrogens with zero attached hydrogens (tertiary/aromatic N) is 1. The highest BCUT2D eigenvalue weighted by molar-refractivity contribution is 7.16. The molecule has 0 spiro atoms. The maximum absolute atomic E-state index is 12.7. The molecule has 0 saturated heterocycles. The van der Waals surface area contributed by atoms with Gasteiger partial charge in [-0.15, -0.1) is 11.3 Å². The number of thiazole rings is 1. The van der Waals surface area contributed by atoms with Gasteiger partial charge in [-0.2, -0.15) is 0 Å². The van der Waals surface area contributed by atoms with Crippen molar-refractivity contribution in [3.63, 3.8) is 0 Å². The van der Waals surface area contributed by atoms with Crippen LogP contribution in [0.15, 0.2) is 24.3 Å². The first-order chi connectivity index (χ1) is 13.6. The number of anilines is 1. The van der Waals surface area contributed by atoms with Crippen LogP contribution in [0.4, 0.5) is 5.13 Å². The first-order valence-corrected chi connectivity index (χ1v) is 11.4. The fraction of sp³-hybridized carbons (Fsp3) is 0.565. The molecule has 1 aromatic heterocycles. The SMILES string of the molecule is CCCCC1CCC(C(=O)Nc2nc(-c3ccc(OCC)cc3)c(C)s2)CC1. The zero-order valence-electron chi connectivity index (χ0n) is 17.3. The molecule has 0 radical (unpaired) electrons. The van der Waals surface area contributed by atoms with Crippen LogP contribution < -0.4 is 10.1 Å². The molecule has 152 valence electrons. The number of aryl methyl sites for hydroxylation is 1. The molecule has 1 N–H and O–H groups in total. The summed E-state index contributed by atoms with van der Waals surface area (Å²) in [6, 6.07) is 7.98. The molecule has 4 nitrogen and oxygen atoms in total. The first kappa shape index (κ1) is 20.8. The molecule has 1 aliphatic carbocycles. The molecule has 1 fully saturated rings. The lowest BCUT2D eigenvalue weighted by atomic mass is 9.79. The fourth-order valence-corrected chi connectivity index (χ4v) is 4.85. The van der Waals surface area contributed by atoms with Gasteiger partial charge >= 0.3 is 0 Å². The van der Waals surface area contributed by atoms with Crippen LogP contribution in [0.3, 0.4) is 0 Å². The Balaban J connectivity index is 1.58. The molecule has 3 rings (SSSR count). The lowest BCUT2D eigenvalue weighted by molar-refractivity contribution is -0.121. The second-order valence-electron chi connectivity index (χ2n) is 7.73. The highest BCUT2D eigenvalue weighted by Crippen LogP contribution is 2.34. The van der Waals surface area contributed by atoms with Gasteiger partial charge in [0.05, 0.1) is 12.3 Å². The summed E-state index contributed by atoms with van der Waals surface area (Å²) in [6.07, 6.45) is 8.29. The second-order valence-corrected chi connectivity index (χ2v) is 8.93. The van der Waals surface area contributed by atoms with Gasteiger partial charge < -0.3 is 10.1 Å². The number of nitrogens with one attached hydrogen (secondary N) is 1. The summed E-state index contributed by atoms with van der Waals surface area (Å²) in [4.78, 5) is 18.5. The largest absolute Gasteiger partial charge is 0.494 e. The predicted octanol–water partition coefficient (Wildman–Crippen LogP) is 6.45. The molecule has 1 aliphatic rings. The van der Waals surface area contributed by atoms with Crippen LogP contribution in [0.2, 0.25) is 0 Å². The molecule has 0 atom stereocenters. The Hall–Kier alpha value is -1.88. The molecular weight excluding hydrogens is 368 g/mol. The molecule has 1 saturated carbocycles. The topological polar surface area (TPSA) is 51.2 Å². The molecule has 0 bridgehead atoms. The van der Waals surface area contributed by atoms with Crippen LogP contribution in [-0.4, -0.2) is 17.5 Å². The highest BCUT2D eigenvalue weighted by Gasteiger charge is 2.26. The van der Waals surface area contributed by atoms with Crippen molar-refractivity contribution in [3.8, 4) is 17.0 Å². The van der Waals surface area contributed by atoms with Crippen molar-refractivity contribution in [1.82, 2.24) is 4.98 Å². The Morgan fingerprint density at radius 2 is 1.89 bits per heavy atom. The third-order valence-electron chi connectivity index (χ3n) is 5.65. The van der Waals surface area contributed by atoms with Gasteiger partial charge in [0.1, 0.15) is 5.75 Å². The monoisotopic (exact) mass is 400 g/mol. The minimum absolute atomic E-state index is 0.135. The summed E-state index contributed by atoms with van der Waals surface area (Å²) in [5, 5.41) is 3.78. The lowest BCUT2D eigenvalue weighted by Crippen LogP contribution is -2.27. The molecule has 1 aromatic carbocycles. The standard InChI is InChI=1S/C23H32N2O2S/c1-4-6-7-17-8-10-19(11-9-17)22(26)25-23-24-21(16(3)28-23)18-12-14-20(15-13-18)27-5-2/h12-15,17,19H,4-11H2,1-3H3,(H,24,25,26). The van der Waals surface area contributed by atoms with Gasteiger partial charge in [-0.1, -0.05) is 26.2 Å². The van der Waals surface area contributed by atoms with E-state index in [-0.39, 0.29) is 11.8 Å². The number of amides is 1.